The number of nitrogens with one attached hydrogen (secondary N) is 1. The molecule has 0 bridgehead atoms. The molecule has 0 aliphatic carbocycles. The van der Waals surface area contributed by atoms with Gasteiger partial charge in [0.2, 0.25) is 5.88 Å². The van der Waals surface area contributed by atoms with Crippen LogP contribution in [-0.2, 0) is 13.2 Å². The number of benzene rings is 2. The molecule has 158 valence electrons. The summed E-state index contributed by atoms with van der Waals surface area (Å²) >= 11 is 15.7. The topological polar surface area (TPSA) is 52.6 Å². The van der Waals surface area contributed by atoms with Crippen LogP contribution in [0, 0.1) is 0 Å². The van der Waals surface area contributed by atoms with Crippen LogP contribution in [0.3, 0.4) is 0 Å². The van der Waals surface area contributed by atoms with Gasteiger partial charge < -0.3 is 19.5 Å². The van der Waals surface area contributed by atoms with Crippen molar-refractivity contribution in [2.45, 2.75) is 13.2 Å². The highest BCUT2D eigenvalue weighted by Crippen LogP contribution is 2.37. The Morgan fingerprint density at radius 2 is 1.93 bits per heavy atom. The van der Waals surface area contributed by atoms with E-state index in [-0.39, 0.29) is 0 Å². The minimum Gasteiger partial charge on any atom is -0.493 e. The average molecular weight is 512 g/mol. The Balaban J connectivity index is 1.55. The lowest BCUT2D eigenvalue weighted by molar-refractivity contribution is 0.282. The van der Waals surface area contributed by atoms with E-state index in [1.165, 1.54) is 0 Å². The highest BCUT2D eigenvalue weighted by atomic mass is 79.9. The summed E-state index contributed by atoms with van der Waals surface area (Å²) in [5.74, 6) is 1.87. The lowest BCUT2D eigenvalue weighted by atomic mass is 10.2. The number of hydrogen-bond donors (Lipinski definition) is 1. The minimum atomic E-state index is 0.299. The van der Waals surface area contributed by atoms with E-state index in [2.05, 4.69) is 26.2 Å². The number of halogens is 3. The summed E-state index contributed by atoms with van der Waals surface area (Å²) in [6.45, 7) is 2.17. The minimum absolute atomic E-state index is 0.299. The third-order valence-electron chi connectivity index (χ3n) is 4.17. The van der Waals surface area contributed by atoms with Crippen molar-refractivity contribution in [3.05, 3.63) is 80.4 Å². The van der Waals surface area contributed by atoms with E-state index < -0.39 is 0 Å². The molecular formula is C22H21BrCl2N2O3. The van der Waals surface area contributed by atoms with Gasteiger partial charge in [0.25, 0.3) is 0 Å². The molecule has 0 amide bonds. The van der Waals surface area contributed by atoms with Crippen molar-refractivity contribution < 1.29 is 14.2 Å². The standard InChI is InChI=1S/C22H21BrCl2N2O3/c1-28-20-11-15(13-26-8-9-29-21-4-2-3-7-27-21)10-18(23)22(20)30-14-16-5-6-17(24)12-19(16)25/h2-7,10-12,26H,8-9,13-14H2,1H3. The normalized spacial score (nSPS) is 10.7. The van der Waals surface area contributed by atoms with Gasteiger partial charge in [-0.3, -0.25) is 0 Å². The number of hydrogen-bond acceptors (Lipinski definition) is 5. The molecule has 5 nitrogen and oxygen atoms in total. The Kier molecular flexibility index (Phi) is 8.63. The van der Waals surface area contributed by atoms with Crippen LogP contribution in [0.4, 0.5) is 0 Å². The summed E-state index contributed by atoms with van der Waals surface area (Å²) in [5, 5.41) is 4.49. The second kappa shape index (κ2) is 11.4. The molecule has 0 fully saturated rings. The van der Waals surface area contributed by atoms with Gasteiger partial charge in [0, 0.05) is 41.0 Å². The number of methoxy groups -OCH3 is 1. The van der Waals surface area contributed by atoms with Crippen LogP contribution in [0.25, 0.3) is 0 Å². The Hall–Kier alpha value is -1.99. The first-order valence-corrected chi connectivity index (χ1v) is 10.8. The number of nitrogens with zero attached hydrogens (tertiary/aromatic N) is 1. The predicted octanol–water partition coefficient (Wildman–Crippen LogP) is 5.91. The second-order valence-corrected chi connectivity index (χ2v) is 8.02. The molecule has 0 spiro atoms. The van der Waals surface area contributed by atoms with Gasteiger partial charge in [-0.2, -0.15) is 0 Å². The van der Waals surface area contributed by atoms with Crippen molar-refractivity contribution in [1.29, 1.82) is 0 Å². The van der Waals surface area contributed by atoms with Crippen LogP contribution in [0.2, 0.25) is 10.0 Å². The van der Waals surface area contributed by atoms with Gasteiger partial charge in [-0.15, -0.1) is 0 Å². The third kappa shape index (κ3) is 6.51. The lowest BCUT2D eigenvalue weighted by Gasteiger charge is -2.15. The van der Waals surface area contributed by atoms with Crippen LogP contribution >= 0.6 is 39.1 Å². The molecule has 0 radical (unpaired) electrons. The van der Waals surface area contributed by atoms with Gasteiger partial charge in [0.05, 0.1) is 11.6 Å². The third-order valence-corrected chi connectivity index (χ3v) is 5.35. The van der Waals surface area contributed by atoms with Crippen molar-refractivity contribution >= 4 is 39.1 Å². The van der Waals surface area contributed by atoms with Gasteiger partial charge >= 0.3 is 0 Å². The fraction of sp³-hybridized carbons (Fsp3) is 0.227. The van der Waals surface area contributed by atoms with Crippen molar-refractivity contribution in [3.8, 4) is 17.4 Å². The van der Waals surface area contributed by atoms with Gasteiger partial charge in [0.1, 0.15) is 13.2 Å². The van der Waals surface area contributed by atoms with Crippen LogP contribution in [-0.4, -0.2) is 25.2 Å². The quantitative estimate of drug-likeness (QED) is 0.343. The van der Waals surface area contributed by atoms with Crippen molar-refractivity contribution in [2.24, 2.45) is 0 Å². The molecule has 0 aliphatic heterocycles. The maximum absolute atomic E-state index is 6.23. The summed E-state index contributed by atoms with van der Waals surface area (Å²) in [7, 11) is 1.61. The number of rotatable bonds is 10. The first-order chi connectivity index (χ1) is 14.6. The van der Waals surface area contributed by atoms with Gasteiger partial charge in [-0.25, -0.2) is 4.98 Å². The highest BCUT2D eigenvalue weighted by molar-refractivity contribution is 9.10. The maximum Gasteiger partial charge on any atom is 0.213 e. The molecule has 1 aromatic heterocycles. The molecule has 0 saturated heterocycles. The monoisotopic (exact) mass is 510 g/mol. The molecule has 1 N–H and O–H groups in total. The lowest BCUT2D eigenvalue weighted by Crippen LogP contribution is -2.20. The van der Waals surface area contributed by atoms with Gasteiger partial charge in [0.15, 0.2) is 11.5 Å². The fourth-order valence-corrected chi connectivity index (χ4v) is 3.76. The fourth-order valence-electron chi connectivity index (χ4n) is 2.70. The zero-order valence-electron chi connectivity index (χ0n) is 16.3. The summed E-state index contributed by atoms with van der Waals surface area (Å²) < 4.78 is 17.9. The van der Waals surface area contributed by atoms with Crippen LogP contribution < -0.4 is 19.5 Å². The van der Waals surface area contributed by atoms with Crippen molar-refractivity contribution in [1.82, 2.24) is 10.3 Å². The molecular weight excluding hydrogens is 491 g/mol. The molecule has 1 heterocycles. The molecule has 0 saturated carbocycles. The second-order valence-electron chi connectivity index (χ2n) is 6.33. The van der Waals surface area contributed by atoms with Crippen LogP contribution in [0.1, 0.15) is 11.1 Å². The first-order valence-electron chi connectivity index (χ1n) is 9.24. The zero-order chi connectivity index (χ0) is 21.3. The van der Waals surface area contributed by atoms with Crippen molar-refractivity contribution in [3.63, 3.8) is 0 Å². The molecule has 2 aromatic carbocycles. The van der Waals surface area contributed by atoms with Gasteiger partial charge in [-0.1, -0.05) is 35.3 Å². The Bertz CT molecular complexity index is 974. The van der Waals surface area contributed by atoms with Crippen LogP contribution in [0.15, 0.2) is 59.2 Å². The average Bonchev–Trinajstić information content (AvgIpc) is 2.74. The molecule has 30 heavy (non-hydrogen) atoms. The number of pyridine rings is 1. The zero-order valence-corrected chi connectivity index (χ0v) is 19.4. The van der Waals surface area contributed by atoms with E-state index in [9.17, 15) is 0 Å². The SMILES string of the molecule is COc1cc(CNCCOc2ccccn2)cc(Br)c1OCc1ccc(Cl)cc1Cl. The van der Waals surface area contributed by atoms with E-state index >= 15 is 0 Å². The number of aromatic nitrogens is 1. The predicted molar refractivity (Wildman–Crippen MR) is 123 cm³/mol. The van der Waals surface area contributed by atoms with Crippen LogP contribution in [0.5, 0.6) is 17.4 Å². The largest absolute Gasteiger partial charge is 0.493 e. The van der Waals surface area contributed by atoms with E-state index in [0.717, 1.165) is 15.6 Å². The summed E-state index contributed by atoms with van der Waals surface area (Å²) in [6.07, 6.45) is 1.71. The molecule has 3 aromatic rings. The molecule has 3 rings (SSSR count). The Morgan fingerprint density at radius 3 is 2.67 bits per heavy atom. The first kappa shape index (κ1) is 22.7. The maximum atomic E-state index is 6.23. The molecule has 0 atom stereocenters. The summed E-state index contributed by atoms with van der Waals surface area (Å²) in [5.41, 5.74) is 1.89. The van der Waals surface area contributed by atoms with E-state index in [1.54, 1.807) is 25.4 Å². The highest BCUT2D eigenvalue weighted by Gasteiger charge is 2.13. The van der Waals surface area contributed by atoms with E-state index in [4.69, 9.17) is 37.4 Å². The van der Waals surface area contributed by atoms with Gasteiger partial charge in [-0.05, 0) is 51.8 Å². The Labute approximate surface area is 194 Å². The smallest absolute Gasteiger partial charge is 0.213 e. The molecule has 8 heteroatoms. The molecule has 0 aliphatic rings. The van der Waals surface area contributed by atoms with E-state index in [1.807, 2.05) is 36.4 Å². The van der Waals surface area contributed by atoms with Crippen molar-refractivity contribution in [2.75, 3.05) is 20.3 Å². The Morgan fingerprint density at radius 1 is 1.07 bits per heavy atom. The molecule has 0 unspecified atom stereocenters. The van der Waals surface area contributed by atoms with E-state index in [0.29, 0.717) is 53.7 Å². The summed E-state index contributed by atoms with van der Waals surface area (Å²) in [6, 6.07) is 14.8. The number of ether oxygens (including phenoxy) is 3. The summed E-state index contributed by atoms with van der Waals surface area (Å²) in [4.78, 5) is 4.13.